The molecule has 0 aromatic carbocycles. The highest BCUT2D eigenvalue weighted by atomic mass is 16.6. The van der Waals surface area contributed by atoms with Gasteiger partial charge in [-0.05, 0) is 24.6 Å². The van der Waals surface area contributed by atoms with Crippen LogP contribution in [0.3, 0.4) is 0 Å². The summed E-state index contributed by atoms with van der Waals surface area (Å²) in [5.74, 6) is 1.36. The zero-order valence-corrected chi connectivity index (χ0v) is 10.7. The Hall–Kier alpha value is -1.75. The van der Waals surface area contributed by atoms with Crippen molar-refractivity contribution >= 4 is 0 Å². The first-order valence-corrected chi connectivity index (χ1v) is 6.04. The molecule has 2 aromatic heterocycles. The smallest absolute Gasteiger partial charge is 0.394 e. The van der Waals surface area contributed by atoms with Gasteiger partial charge in [0, 0.05) is 6.54 Å². The highest BCUT2D eigenvalue weighted by molar-refractivity contribution is 5.01. The number of oxazole rings is 1. The first kappa shape index (κ1) is 12.7. The molecule has 18 heavy (non-hydrogen) atoms. The molecule has 0 atom stereocenters. The van der Waals surface area contributed by atoms with E-state index in [0.717, 1.165) is 18.0 Å². The second kappa shape index (κ2) is 6.26. The van der Waals surface area contributed by atoms with Crippen LogP contribution in [0.15, 0.2) is 33.5 Å². The van der Waals surface area contributed by atoms with E-state index in [1.165, 1.54) is 0 Å². The van der Waals surface area contributed by atoms with Crippen molar-refractivity contribution in [2.75, 3.05) is 6.54 Å². The molecule has 0 fully saturated rings. The molecule has 1 N–H and O–H groups in total. The number of nitrogens with zero attached hydrogens (tertiary/aromatic N) is 1. The predicted octanol–water partition coefficient (Wildman–Crippen LogP) is 2.59. The Morgan fingerprint density at radius 1 is 1.39 bits per heavy atom. The van der Waals surface area contributed by atoms with E-state index in [1.54, 1.807) is 12.5 Å². The number of nitrogens with one attached hydrogen (secondary N) is 1. The third-order valence-electron chi connectivity index (χ3n) is 2.31. The van der Waals surface area contributed by atoms with Gasteiger partial charge in [0.15, 0.2) is 6.61 Å². The van der Waals surface area contributed by atoms with Crippen LogP contribution in [0.5, 0.6) is 6.08 Å². The van der Waals surface area contributed by atoms with E-state index >= 15 is 0 Å². The van der Waals surface area contributed by atoms with Gasteiger partial charge in [0.1, 0.15) is 12.0 Å². The van der Waals surface area contributed by atoms with E-state index < -0.39 is 0 Å². The summed E-state index contributed by atoms with van der Waals surface area (Å²) in [6.07, 6.45) is 3.48. The minimum Gasteiger partial charge on any atom is -0.466 e. The number of furan rings is 1. The van der Waals surface area contributed by atoms with Gasteiger partial charge in [-0.15, -0.1) is 0 Å². The molecule has 2 heterocycles. The Morgan fingerprint density at radius 3 is 3.00 bits per heavy atom. The van der Waals surface area contributed by atoms with Crippen LogP contribution in [-0.4, -0.2) is 11.5 Å². The SMILES string of the molecule is CC(C)CNCc1coc(OCc2ccco2)n1. The van der Waals surface area contributed by atoms with Gasteiger partial charge in [-0.2, -0.15) is 4.98 Å². The lowest BCUT2D eigenvalue weighted by Gasteiger charge is -2.04. The molecule has 0 aliphatic rings. The summed E-state index contributed by atoms with van der Waals surface area (Å²) in [7, 11) is 0. The summed E-state index contributed by atoms with van der Waals surface area (Å²) in [6, 6.07) is 3.66. The van der Waals surface area contributed by atoms with Gasteiger partial charge in [-0.1, -0.05) is 13.8 Å². The topological polar surface area (TPSA) is 60.4 Å². The molecule has 5 heteroatoms. The van der Waals surface area contributed by atoms with E-state index in [-0.39, 0.29) is 6.08 Å². The molecule has 2 aromatic rings. The van der Waals surface area contributed by atoms with Crippen molar-refractivity contribution in [3.63, 3.8) is 0 Å². The van der Waals surface area contributed by atoms with Crippen molar-refractivity contribution in [3.8, 4) is 6.08 Å². The highest BCUT2D eigenvalue weighted by Crippen LogP contribution is 2.12. The maximum atomic E-state index is 5.36. The number of rotatable bonds is 7. The summed E-state index contributed by atoms with van der Waals surface area (Å²) in [6.45, 7) is 6.29. The maximum Gasteiger partial charge on any atom is 0.394 e. The molecule has 0 unspecified atom stereocenters. The van der Waals surface area contributed by atoms with Crippen LogP contribution in [-0.2, 0) is 13.2 Å². The number of ether oxygens (including phenoxy) is 1. The molecule has 0 aliphatic carbocycles. The molecule has 0 bridgehead atoms. The van der Waals surface area contributed by atoms with Crippen LogP contribution in [0.4, 0.5) is 0 Å². The second-order valence-corrected chi connectivity index (χ2v) is 4.50. The van der Waals surface area contributed by atoms with E-state index in [0.29, 0.717) is 19.1 Å². The standard InChI is InChI=1S/C13H18N2O3/c1-10(2)6-14-7-11-8-17-13(15-11)18-9-12-4-3-5-16-12/h3-5,8,10,14H,6-7,9H2,1-2H3. The maximum absolute atomic E-state index is 5.36. The van der Waals surface area contributed by atoms with Crippen molar-refractivity contribution < 1.29 is 13.6 Å². The van der Waals surface area contributed by atoms with Gasteiger partial charge in [0.2, 0.25) is 0 Å². The summed E-state index contributed by atoms with van der Waals surface area (Å²) in [4.78, 5) is 4.21. The molecule has 2 rings (SSSR count). The molecular weight excluding hydrogens is 232 g/mol. The van der Waals surface area contributed by atoms with Gasteiger partial charge in [0.05, 0.1) is 12.0 Å². The van der Waals surface area contributed by atoms with Gasteiger partial charge in [-0.3, -0.25) is 0 Å². The molecule has 0 amide bonds. The van der Waals surface area contributed by atoms with E-state index in [9.17, 15) is 0 Å². The van der Waals surface area contributed by atoms with E-state index in [1.807, 2.05) is 12.1 Å². The minimum absolute atomic E-state index is 0.271. The Morgan fingerprint density at radius 2 is 2.28 bits per heavy atom. The molecule has 0 aliphatic heterocycles. The zero-order valence-electron chi connectivity index (χ0n) is 10.7. The van der Waals surface area contributed by atoms with Crippen molar-refractivity contribution in [1.82, 2.24) is 10.3 Å². The first-order chi connectivity index (χ1) is 8.74. The Balaban J connectivity index is 1.75. The summed E-state index contributed by atoms with van der Waals surface area (Å²) < 4.78 is 15.7. The molecule has 0 spiro atoms. The third kappa shape index (κ3) is 3.92. The molecule has 0 saturated carbocycles. The molecular formula is C13H18N2O3. The quantitative estimate of drug-likeness (QED) is 0.818. The molecule has 5 nitrogen and oxygen atoms in total. The van der Waals surface area contributed by atoms with Crippen molar-refractivity contribution in [3.05, 3.63) is 36.1 Å². The van der Waals surface area contributed by atoms with Crippen molar-refractivity contribution in [2.45, 2.75) is 27.0 Å². The number of aromatic nitrogens is 1. The molecule has 0 saturated heterocycles. The highest BCUT2D eigenvalue weighted by Gasteiger charge is 2.06. The van der Waals surface area contributed by atoms with Gasteiger partial charge >= 0.3 is 6.08 Å². The van der Waals surface area contributed by atoms with Gasteiger partial charge in [-0.25, -0.2) is 0 Å². The second-order valence-electron chi connectivity index (χ2n) is 4.50. The van der Waals surface area contributed by atoms with Crippen LogP contribution in [0.2, 0.25) is 0 Å². The fourth-order valence-electron chi connectivity index (χ4n) is 1.45. The fourth-order valence-corrected chi connectivity index (χ4v) is 1.45. The Labute approximate surface area is 106 Å². The lowest BCUT2D eigenvalue weighted by Crippen LogP contribution is -2.19. The predicted molar refractivity (Wildman–Crippen MR) is 66.1 cm³/mol. The largest absolute Gasteiger partial charge is 0.466 e. The summed E-state index contributed by atoms with van der Waals surface area (Å²) >= 11 is 0. The fraction of sp³-hybridized carbons (Fsp3) is 0.462. The van der Waals surface area contributed by atoms with Gasteiger partial charge < -0.3 is 18.9 Å². The van der Waals surface area contributed by atoms with E-state index in [4.69, 9.17) is 13.6 Å². The Kier molecular flexibility index (Phi) is 4.41. The average Bonchev–Trinajstić information content (AvgIpc) is 2.96. The van der Waals surface area contributed by atoms with Crippen LogP contribution in [0.25, 0.3) is 0 Å². The van der Waals surface area contributed by atoms with E-state index in [2.05, 4.69) is 24.1 Å². The summed E-state index contributed by atoms with van der Waals surface area (Å²) in [5, 5.41) is 3.29. The molecule has 98 valence electrons. The Bertz CT molecular complexity index is 449. The number of hydrogen-bond acceptors (Lipinski definition) is 5. The van der Waals surface area contributed by atoms with Crippen LogP contribution < -0.4 is 10.1 Å². The van der Waals surface area contributed by atoms with Crippen LogP contribution in [0, 0.1) is 5.92 Å². The van der Waals surface area contributed by atoms with Crippen LogP contribution >= 0.6 is 0 Å². The van der Waals surface area contributed by atoms with Crippen molar-refractivity contribution in [1.29, 1.82) is 0 Å². The molecule has 0 radical (unpaired) electrons. The lowest BCUT2D eigenvalue weighted by atomic mass is 10.2. The van der Waals surface area contributed by atoms with Crippen LogP contribution in [0.1, 0.15) is 25.3 Å². The normalized spacial score (nSPS) is 11.1. The third-order valence-corrected chi connectivity index (χ3v) is 2.31. The number of hydrogen-bond donors (Lipinski definition) is 1. The van der Waals surface area contributed by atoms with Crippen molar-refractivity contribution in [2.24, 2.45) is 5.92 Å². The first-order valence-electron chi connectivity index (χ1n) is 6.04. The van der Waals surface area contributed by atoms with Gasteiger partial charge in [0.25, 0.3) is 0 Å². The monoisotopic (exact) mass is 250 g/mol. The summed E-state index contributed by atoms with van der Waals surface area (Å²) in [5.41, 5.74) is 0.838. The minimum atomic E-state index is 0.271. The lowest BCUT2D eigenvalue weighted by molar-refractivity contribution is 0.200. The average molecular weight is 250 g/mol. The zero-order chi connectivity index (χ0) is 12.8.